The van der Waals surface area contributed by atoms with Crippen molar-refractivity contribution in [2.75, 3.05) is 43.5 Å². The molecule has 0 spiro atoms. The molecule has 1 amide bonds. The number of nitrogens with one attached hydrogen (secondary N) is 1. The highest BCUT2D eigenvalue weighted by molar-refractivity contribution is 6.04. The van der Waals surface area contributed by atoms with E-state index in [9.17, 15) is 4.79 Å². The molecule has 7 heteroatoms. The molecule has 0 aliphatic carbocycles. The molecule has 2 aromatic carbocycles. The van der Waals surface area contributed by atoms with Gasteiger partial charge in [0.05, 0.1) is 7.11 Å². The fourth-order valence-corrected chi connectivity index (χ4v) is 3.52. The quantitative estimate of drug-likeness (QED) is 0.682. The van der Waals surface area contributed by atoms with Crippen molar-refractivity contribution < 1.29 is 9.53 Å². The highest BCUT2D eigenvalue weighted by Crippen LogP contribution is 2.19. The summed E-state index contributed by atoms with van der Waals surface area (Å²) in [5.41, 5.74) is 1.85. The normalized spacial score (nSPS) is 14.4. The first kappa shape index (κ1) is 19.8. The molecule has 0 atom stereocenters. The van der Waals surface area contributed by atoms with E-state index >= 15 is 0 Å². The van der Waals surface area contributed by atoms with Crippen molar-refractivity contribution >= 4 is 17.5 Å². The number of nitrogens with zero attached hydrogens (tertiary/aromatic N) is 4. The number of carbonyl (C=O) groups is 1. The van der Waals surface area contributed by atoms with Crippen molar-refractivity contribution in [2.45, 2.75) is 6.54 Å². The van der Waals surface area contributed by atoms with Gasteiger partial charge in [-0.15, -0.1) is 0 Å². The summed E-state index contributed by atoms with van der Waals surface area (Å²) in [6.07, 6.45) is 1.49. The van der Waals surface area contributed by atoms with Gasteiger partial charge < -0.3 is 15.0 Å². The summed E-state index contributed by atoms with van der Waals surface area (Å²) < 4.78 is 5.18. The molecule has 1 fully saturated rings. The lowest BCUT2D eigenvalue weighted by Gasteiger charge is -2.35. The van der Waals surface area contributed by atoms with Gasteiger partial charge in [-0.25, -0.2) is 9.97 Å². The Balaban J connectivity index is 1.36. The minimum Gasteiger partial charge on any atom is -0.497 e. The molecule has 1 aromatic heterocycles. The van der Waals surface area contributed by atoms with E-state index in [1.54, 1.807) is 31.4 Å². The van der Waals surface area contributed by atoms with Crippen LogP contribution in [0.5, 0.6) is 5.75 Å². The molecule has 0 saturated carbocycles. The average Bonchev–Trinajstić information content (AvgIpc) is 2.80. The third-order valence-electron chi connectivity index (χ3n) is 5.17. The molecule has 1 aliphatic rings. The molecule has 3 aromatic rings. The molecule has 7 nitrogen and oxygen atoms in total. The van der Waals surface area contributed by atoms with E-state index in [1.807, 2.05) is 12.1 Å². The second-order valence-electron chi connectivity index (χ2n) is 7.20. The number of anilines is 2. The number of hydrogen-bond acceptors (Lipinski definition) is 6. The number of benzene rings is 2. The lowest BCUT2D eigenvalue weighted by molar-refractivity contribution is 0.102. The number of aromatic nitrogens is 2. The van der Waals surface area contributed by atoms with Crippen LogP contribution in [-0.2, 0) is 6.54 Å². The fourth-order valence-electron chi connectivity index (χ4n) is 3.52. The van der Waals surface area contributed by atoms with Crippen LogP contribution >= 0.6 is 0 Å². The van der Waals surface area contributed by atoms with Crippen LogP contribution < -0.4 is 15.0 Å². The van der Waals surface area contributed by atoms with Crippen molar-refractivity contribution in [3.63, 3.8) is 0 Å². The third-order valence-corrected chi connectivity index (χ3v) is 5.17. The topological polar surface area (TPSA) is 70.6 Å². The van der Waals surface area contributed by atoms with E-state index in [0.717, 1.165) is 38.5 Å². The lowest BCUT2D eigenvalue weighted by Crippen LogP contribution is -2.46. The Hall–Kier alpha value is -3.45. The minimum absolute atomic E-state index is 0.230. The summed E-state index contributed by atoms with van der Waals surface area (Å²) >= 11 is 0. The Bertz CT molecular complexity index is 988. The highest BCUT2D eigenvalue weighted by Gasteiger charge is 2.19. The van der Waals surface area contributed by atoms with Crippen LogP contribution in [-0.4, -0.2) is 54.1 Å². The molecule has 4 rings (SSSR count). The van der Waals surface area contributed by atoms with Crippen LogP contribution in [0.4, 0.5) is 11.6 Å². The van der Waals surface area contributed by atoms with Crippen LogP contribution in [0.1, 0.15) is 15.9 Å². The first-order valence-electron chi connectivity index (χ1n) is 10.00. The largest absolute Gasteiger partial charge is 0.497 e. The molecule has 0 radical (unpaired) electrons. The van der Waals surface area contributed by atoms with Gasteiger partial charge in [-0.2, -0.15) is 0 Å². The number of piperazine rings is 1. The predicted octanol–water partition coefficient (Wildman–Crippen LogP) is 3.06. The summed E-state index contributed by atoms with van der Waals surface area (Å²) in [4.78, 5) is 25.8. The van der Waals surface area contributed by atoms with Gasteiger partial charge in [0.2, 0.25) is 0 Å². The summed E-state index contributed by atoms with van der Waals surface area (Å²) in [7, 11) is 1.58. The summed E-state index contributed by atoms with van der Waals surface area (Å²) in [5, 5.41) is 2.85. The number of ether oxygens (including phenoxy) is 1. The molecule has 2 heterocycles. The number of amides is 1. The van der Waals surface area contributed by atoms with Crippen LogP contribution in [0, 0.1) is 0 Å². The number of rotatable bonds is 6. The van der Waals surface area contributed by atoms with E-state index in [4.69, 9.17) is 4.74 Å². The Morgan fingerprint density at radius 1 is 1.00 bits per heavy atom. The summed E-state index contributed by atoms with van der Waals surface area (Å²) in [5.74, 6) is 1.72. The SMILES string of the molecule is COc1cccc(C(=O)Nc2cc(N3CCN(Cc4ccccc4)CC3)ncn2)c1. The van der Waals surface area contributed by atoms with Crippen molar-refractivity contribution in [1.82, 2.24) is 14.9 Å². The Kier molecular flexibility index (Phi) is 6.20. The second kappa shape index (κ2) is 9.37. The van der Waals surface area contributed by atoms with Gasteiger partial charge in [0.1, 0.15) is 23.7 Å². The van der Waals surface area contributed by atoms with Gasteiger partial charge in [0, 0.05) is 44.4 Å². The van der Waals surface area contributed by atoms with Crippen LogP contribution in [0.2, 0.25) is 0 Å². The zero-order chi connectivity index (χ0) is 20.8. The second-order valence-corrected chi connectivity index (χ2v) is 7.20. The van der Waals surface area contributed by atoms with Gasteiger partial charge in [0.25, 0.3) is 5.91 Å². The zero-order valence-electron chi connectivity index (χ0n) is 17.0. The Labute approximate surface area is 176 Å². The first-order valence-corrected chi connectivity index (χ1v) is 10.00. The van der Waals surface area contributed by atoms with Crippen molar-refractivity contribution in [3.05, 3.63) is 78.1 Å². The smallest absolute Gasteiger partial charge is 0.256 e. The molecule has 1 N–H and O–H groups in total. The third kappa shape index (κ3) is 4.93. The van der Waals surface area contributed by atoms with Crippen LogP contribution in [0.3, 0.4) is 0 Å². The molecule has 30 heavy (non-hydrogen) atoms. The van der Waals surface area contributed by atoms with Gasteiger partial charge >= 0.3 is 0 Å². The van der Waals surface area contributed by atoms with Crippen molar-refractivity contribution in [1.29, 1.82) is 0 Å². The van der Waals surface area contributed by atoms with Gasteiger partial charge in [-0.05, 0) is 23.8 Å². The molecular formula is C23H25N5O2. The number of methoxy groups -OCH3 is 1. The fraction of sp³-hybridized carbons (Fsp3) is 0.261. The van der Waals surface area contributed by atoms with E-state index < -0.39 is 0 Å². The van der Waals surface area contributed by atoms with Crippen molar-refractivity contribution in [2.24, 2.45) is 0 Å². The molecular weight excluding hydrogens is 378 g/mol. The van der Waals surface area contributed by atoms with Gasteiger partial charge in [-0.3, -0.25) is 9.69 Å². The van der Waals surface area contributed by atoms with Gasteiger partial charge in [-0.1, -0.05) is 36.4 Å². The number of carbonyl (C=O) groups excluding carboxylic acids is 1. The zero-order valence-corrected chi connectivity index (χ0v) is 17.0. The molecule has 1 aliphatic heterocycles. The predicted molar refractivity (Wildman–Crippen MR) is 117 cm³/mol. The maximum absolute atomic E-state index is 12.5. The van der Waals surface area contributed by atoms with E-state index in [1.165, 1.54) is 11.9 Å². The highest BCUT2D eigenvalue weighted by atomic mass is 16.5. The monoisotopic (exact) mass is 403 g/mol. The molecule has 0 bridgehead atoms. The Morgan fingerprint density at radius 2 is 1.80 bits per heavy atom. The van der Waals surface area contributed by atoms with Crippen LogP contribution in [0.15, 0.2) is 67.0 Å². The lowest BCUT2D eigenvalue weighted by atomic mass is 10.2. The maximum atomic E-state index is 12.5. The molecule has 154 valence electrons. The summed E-state index contributed by atoms with van der Waals surface area (Å²) in [6.45, 7) is 4.65. The average molecular weight is 403 g/mol. The van der Waals surface area contributed by atoms with E-state index in [2.05, 4.69) is 49.4 Å². The van der Waals surface area contributed by atoms with Crippen molar-refractivity contribution in [3.8, 4) is 5.75 Å². The standard InChI is InChI=1S/C23H25N5O2/c1-30-20-9-5-8-19(14-20)23(29)26-21-15-22(25-17-24-21)28-12-10-27(11-13-28)16-18-6-3-2-4-7-18/h2-9,14-15,17H,10-13,16H2,1H3,(H,24,25,26,29). The minimum atomic E-state index is -0.230. The molecule has 0 unspecified atom stereocenters. The van der Waals surface area contributed by atoms with E-state index in [-0.39, 0.29) is 5.91 Å². The maximum Gasteiger partial charge on any atom is 0.256 e. The van der Waals surface area contributed by atoms with Gasteiger partial charge in [0.15, 0.2) is 0 Å². The first-order chi connectivity index (χ1) is 14.7. The van der Waals surface area contributed by atoms with Crippen LogP contribution in [0.25, 0.3) is 0 Å². The van der Waals surface area contributed by atoms with E-state index in [0.29, 0.717) is 17.1 Å². The summed E-state index contributed by atoms with van der Waals surface area (Å²) in [6, 6.07) is 19.4. The Morgan fingerprint density at radius 3 is 2.57 bits per heavy atom. The molecule has 1 saturated heterocycles. The number of hydrogen-bond donors (Lipinski definition) is 1.